The van der Waals surface area contributed by atoms with Crippen LogP contribution in [0.3, 0.4) is 0 Å². The van der Waals surface area contributed by atoms with E-state index in [1.807, 2.05) is 6.08 Å². The van der Waals surface area contributed by atoms with Crippen LogP contribution < -0.4 is 0 Å². The van der Waals surface area contributed by atoms with Crippen molar-refractivity contribution in [1.29, 1.82) is 0 Å². The van der Waals surface area contributed by atoms with Crippen molar-refractivity contribution in [3.8, 4) is 11.5 Å². The van der Waals surface area contributed by atoms with Crippen LogP contribution in [0.4, 0.5) is 0 Å². The van der Waals surface area contributed by atoms with Gasteiger partial charge in [0.2, 0.25) is 0 Å². The molecule has 0 spiro atoms. The topological polar surface area (TPSA) is 40.5 Å². The first-order valence-electron chi connectivity index (χ1n) is 4.30. The highest BCUT2D eigenvalue weighted by Gasteiger charge is 2.01. The number of allylic oxidation sites excluding steroid dienone is 1. The number of rotatable bonds is 2. The third-order valence-electron chi connectivity index (χ3n) is 1.71. The number of hydrogen-bond donors (Lipinski definition) is 2. The highest BCUT2D eigenvalue weighted by Crippen LogP contribution is 2.29. The minimum atomic E-state index is -0.0779. The van der Waals surface area contributed by atoms with Gasteiger partial charge in [0.05, 0.1) is 0 Å². The lowest BCUT2D eigenvalue weighted by molar-refractivity contribution is 0.403. The zero-order valence-corrected chi connectivity index (χ0v) is 7.86. The smallest absolute Gasteiger partial charge is 0.164 e. The summed E-state index contributed by atoms with van der Waals surface area (Å²) in [7, 11) is 0. The van der Waals surface area contributed by atoms with E-state index in [2.05, 4.69) is 13.8 Å². The molecule has 0 amide bonds. The van der Waals surface area contributed by atoms with Crippen LogP contribution in [0.1, 0.15) is 19.4 Å². The van der Waals surface area contributed by atoms with Crippen LogP contribution in [0, 0.1) is 5.92 Å². The second-order valence-electron chi connectivity index (χ2n) is 3.32. The molecule has 1 aromatic carbocycles. The Morgan fingerprint density at radius 1 is 1.23 bits per heavy atom. The highest BCUT2D eigenvalue weighted by atomic mass is 16.3. The van der Waals surface area contributed by atoms with Crippen LogP contribution in [-0.4, -0.2) is 10.2 Å². The molecule has 2 heteroatoms. The van der Waals surface area contributed by atoms with E-state index in [1.54, 1.807) is 18.2 Å². The Morgan fingerprint density at radius 3 is 2.54 bits per heavy atom. The Labute approximate surface area is 78.2 Å². The summed E-state index contributed by atoms with van der Waals surface area (Å²) >= 11 is 0. The van der Waals surface area contributed by atoms with Gasteiger partial charge in [-0.3, -0.25) is 0 Å². The molecule has 0 aliphatic rings. The average Bonchev–Trinajstić information content (AvgIpc) is 2.07. The summed E-state index contributed by atoms with van der Waals surface area (Å²) in [6.45, 7) is 4.10. The first kappa shape index (κ1) is 9.65. The van der Waals surface area contributed by atoms with Crippen molar-refractivity contribution < 1.29 is 10.2 Å². The molecular weight excluding hydrogens is 164 g/mol. The molecular formula is C11H14O2. The van der Waals surface area contributed by atoms with Gasteiger partial charge in [-0.1, -0.05) is 38.1 Å². The van der Waals surface area contributed by atoms with E-state index in [0.29, 0.717) is 11.5 Å². The van der Waals surface area contributed by atoms with Crippen molar-refractivity contribution in [3.63, 3.8) is 0 Å². The SMILES string of the molecule is CC(C)/C=C/c1cccc(O)c1O. The Bertz CT molecular complexity index is 314. The summed E-state index contributed by atoms with van der Waals surface area (Å²) < 4.78 is 0. The maximum atomic E-state index is 9.41. The van der Waals surface area contributed by atoms with Gasteiger partial charge >= 0.3 is 0 Å². The average molecular weight is 178 g/mol. The molecule has 0 fully saturated rings. The van der Waals surface area contributed by atoms with Crippen LogP contribution in [-0.2, 0) is 0 Å². The molecule has 0 heterocycles. The largest absolute Gasteiger partial charge is 0.504 e. The summed E-state index contributed by atoms with van der Waals surface area (Å²) in [5.74, 6) is 0.298. The molecule has 1 aromatic rings. The molecule has 13 heavy (non-hydrogen) atoms. The van der Waals surface area contributed by atoms with E-state index < -0.39 is 0 Å². The first-order chi connectivity index (χ1) is 6.11. The van der Waals surface area contributed by atoms with Gasteiger partial charge in [-0.25, -0.2) is 0 Å². The summed E-state index contributed by atoms with van der Waals surface area (Å²) in [5, 5.41) is 18.6. The number of phenols is 2. The number of para-hydroxylation sites is 1. The lowest BCUT2D eigenvalue weighted by atomic mass is 10.1. The van der Waals surface area contributed by atoms with Crippen LogP contribution in [0.25, 0.3) is 6.08 Å². The summed E-state index contributed by atoms with van der Waals surface area (Å²) in [6.07, 6.45) is 3.77. The maximum Gasteiger partial charge on any atom is 0.164 e. The second kappa shape index (κ2) is 3.99. The maximum absolute atomic E-state index is 9.41. The fourth-order valence-corrected chi connectivity index (χ4v) is 0.979. The normalized spacial score (nSPS) is 11.3. The summed E-state index contributed by atoms with van der Waals surface area (Å²) in [5.41, 5.74) is 0.647. The molecule has 1 rings (SSSR count). The van der Waals surface area contributed by atoms with Crippen molar-refractivity contribution in [2.75, 3.05) is 0 Å². The van der Waals surface area contributed by atoms with Crippen molar-refractivity contribution in [2.24, 2.45) is 5.92 Å². The van der Waals surface area contributed by atoms with E-state index >= 15 is 0 Å². The van der Waals surface area contributed by atoms with Gasteiger partial charge in [0.1, 0.15) is 0 Å². The predicted octanol–water partition coefficient (Wildman–Crippen LogP) is 2.77. The molecule has 0 aliphatic carbocycles. The lowest BCUT2D eigenvalue weighted by Crippen LogP contribution is -1.79. The Kier molecular flexibility index (Phi) is 2.96. The second-order valence-corrected chi connectivity index (χ2v) is 3.32. The zero-order chi connectivity index (χ0) is 9.84. The van der Waals surface area contributed by atoms with E-state index in [0.717, 1.165) is 0 Å². The van der Waals surface area contributed by atoms with Crippen LogP contribution in [0.2, 0.25) is 0 Å². The van der Waals surface area contributed by atoms with Gasteiger partial charge in [0.15, 0.2) is 11.5 Å². The molecule has 0 radical (unpaired) electrons. The Morgan fingerprint density at radius 2 is 1.92 bits per heavy atom. The molecule has 0 bridgehead atoms. The monoisotopic (exact) mass is 178 g/mol. The zero-order valence-electron chi connectivity index (χ0n) is 7.86. The Hall–Kier alpha value is -1.44. The molecule has 0 aliphatic heterocycles. The quantitative estimate of drug-likeness (QED) is 0.683. The van der Waals surface area contributed by atoms with Gasteiger partial charge in [-0.05, 0) is 12.0 Å². The van der Waals surface area contributed by atoms with E-state index in [4.69, 9.17) is 0 Å². The molecule has 2 N–H and O–H groups in total. The van der Waals surface area contributed by atoms with E-state index in [1.165, 1.54) is 6.07 Å². The lowest BCUT2D eigenvalue weighted by Gasteiger charge is -2.01. The number of benzene rings is 1. The third-order valence-corrected chi connectivity index (χ3v) is 1.71. The molecule has 70 valence electrons. The number of phenolic OH excluding ortho intramolecular Hbond substituents is 2. The van der Waals surface area contributed by atoms with Gasteiger partial charge in [0, 0.05) is 5.56 Å². The van der Waals surface area contributed by atoms with Crippen molar-refractivity contribution in [2.45, 2.75) is 13.8 Å². The fourth-order valence-electron chi connectivity index (χ4n) is 0.979. The highest BCUT2D eigenvalue weighted by molar-refractivity contribution is 5.61. The Balaban J connectivity index is 2.95. The van der Waals surface area contributed by atoms with Gasteiger partial charge in [-0.15, -0.1) is 0 Å². The van der Waals surface area contributed by atoms with Crippen LogP contribution in [0.5, 0.6) is 11.5 Å². The number of hydrogen-bond acceptors (Lipinski definition) is 2. The van der Waals surface area contributed by atoms with Gasteiger partial charge in [0.25, 0.3) is 0 Å². The number of aromatic hydroxyl groups is 2. The fraction of sp³-hybridized carbons (Fsp3) is 0.273. The minimum absolute atomic E-state index is 0.0561. The molecule has 0 saturated heterocycles. The predicted molar refractivity (Wildman–Crippen MR) is 53.6 cm³/mol. The third kappa shape index (κ3) is 2.51. The minimum Gasteiger partial charge on any atom is -0.504 e. The molecule has 0 unspecified atom stereocenters. The van der Waals surface area contributed by atoms with Gasteiger partial charge in [-0.2, -0.15) is 0 Å². The van der Waals surface area contributed by atoms with Crippen molar-refractivity contribution in [1.82, 2.24) is 0 Å². The summed E-state index contributed by atoms with van der Waals surface area (Å²) in [6, 6.07) is 4.92. The molecule has 0 aromatic heterocycles. The van der Waals surface area contributed by atoms with E-state index in [9.17, 15) is 10.2 Å². The van der Waals surface area contributed by atoms with Crippen molar-refractivity contribution >= 4 is 6.08 Å². The molecule has 0 saturated carbocycles. The van der Waals surface area contributed by atoms with Crippen LogP contribution in [0.15, 0.2) is 24.3 Å². The van der Waals surface area contributed by atoms with Crippen LogP contribution >= 0.6 is 0 Å². The first-order valence-corrected chi connectivity index (χ1v) is 4.30. The summed E-state index contributed by atoms with van der Waals surface area (Å²) in [4.78, 5) is 0. The van der Waals surface area contributed by atoms with Crippen molar-refractivity contribution in [3.05, 3.63) is 29.8 Å². The molecule has 2 nitrogen and oxygen atoms in total. The van der Waals surface area contributed by atoms with Gasteiger partial charge < -0.3 is 10.2 Å². The molecule has 0 atom stereocenters. The standard InChI is InChI=1S/C11H14O2/c1-8(2)6-7-9-4-3-5-10(12)11(9)13/h3-8,12-13H,1-2H3/b7-6+. The van der Waals surface area contributed by atoms with E-state index in [-0.39, 0.29) is 11.5 Å².